The van der Waals surface area contributed by atoms with Gasteiger partial charge in [0.25, 0.3) is 5.56 Å². The lowest BCUT2D eigenvalue weighted by Crippen LogP contribution is -2.21. The Hall–Kier alpha value is -2.28. The smallest absolute Gasteiger partial charge is 0.277 e. The molecule has 0 radical (unpaired) electrons. The van der Waals surface area contributed by atoms with Crippen LogP contribution in [0.5, 0.6) is 0 Å². The van der Waals surface area contributed by atoms with Crippen LogP contribution in [0.4, 0.5) is 0 Å². The first-order valence-corrected chi connectivity index (χ1v) is 9.20. The predicted molar refractivity (Wildman–Crippen MR) is 98.9 cm³/mol. The minimum atomic E-state index is -0.300. The van der Waals surface area contributed by atoms with Gasteiger partial charge in [0.1, 0.15) is 12.2 Å². The van der Waals surface area contributed by atoms with Gasteiger partial charge in [-0.3, -0.25) is 19.4 Å². The van der Waals surface area contributed by atoms with E-state index >= 15 is 0 Å². The number of hydrogen-bond donors (Lipinski definition) is 1. The van der Waals surface area contributed by atoms with Crippen LogP contribution in [0, 0.1) is 13.8 Å². The van der Waals surface area contributed by atoms with Crippen molar-refractivity contribution >= 4 is 23.3 Å². The highest BCUT2D eigenvalue weighted by Crippen LogP contribution is 2.35. The van der Waals surface area contributed by atoms with Crippen LogP contribution in [0.25, 0.3) is 0 Å². The molecule has 0 saturated heterocycles. The number of benzene rings is 1. The minimum absolute atomic E-state index is 0.203. The molecule has 0 unspecified atom stereocenters. The number of carbonyl (C=O) groups is 1. The number of oxime groups is 1. The number of aryl methyl sites for hydroxylation is 2. The summed E-state index contributed by atoms with van der Waals surface area (Å²) in [5.41, 5.74) is 3.85. The van der Waals surface area contributed by atoms with E-state index in [4.69, 9.17) is 4.84 Å². The first-order valence-electron chi connectivity index (χ1n) is 8.21. The van der Waals surface area contributed by atoms with Gasteiger partial charge in [-0.05, 0) is 26.3 Å². The number of hydrogen-bond acceptors (Lipinski definition) is 5. The van der Waals surface area contributed by atoms with E-state index in [1.165, 1.54) is 4.68 Å². The van der Waals surface area contributed by atoms with E-state index in [9.17, 15) is 9.59 Å². The summed E-state index contributed by atoms with van der Waals surface area (Å²) < 4.78 is 1.33. The highest BCUT2D eigenvalue weighted by molar-refractivity contribution is 7.99. The van der Waals surface area contributed by atoms with Crippen LogP contribution in [0.15, 0.2) is 27.0 Å². The molecule has 1 aromatic heterocycles. The number of nitrogens with one attached hydrogen (secondary N) is 1. The Morgan fingerprint density at radius 2 is 2.16 bits per heavy atom. The molecule has 1 aliphatic heterocycles. The molecule has 0 spiro atoms. The molecule has 0 fully saturated rings. The topological polar surface area (TPSA) is 76.4 Å². The van der Waals surface area contributed by atoms with Crippen LogP contribution < -0.4 is 5.56 Å². The molecule has 2 heterocycles. The molecule has 2 aromatic rings. The summed E-state index contributed by atoms with van der Waals surface area (Å²) in [6.45, 7) is 6.09. The molecule has 1 N–H and O–H groups in total. The Balaban J connectivity index is 2.08. The SMILES string of the molecule is CCON=C1CCSc2c1ccc(C(=O)c1c(C)[nH]n(C)c1=O)c2C. The van der Waals surface area contributed by atoms with E-state index in [0.29, 0.717) is 17.9 Å². The van der Waals surface area contributed by atoms with Gasteiger partial charge < -0.3 is 4.84 Å². The molecular weight excluding hydrogens is 338 g/mol. The average molecular weight is 359 g/mol. The molecule has 0 atom stereocenters. The Labute approximate surface area is 150 Å². The third-order valence-electron chi connectivity index (χ3n) is 4.31. The Kier molecular flexibility index (Phi) is 4.85. The van der Waals surface area contributed by atoms with Crippen LogP contribution in [-0.4, -0.2) is 33.6 Å². The van der Waals surface area contributed by atoms with Crippen LogP contribution in [0.3, 0.4) is 0 Å². The lowest BCUT2D eigenvalue weighted by molar-refractivity contribution is 0.103. The highest BCUT2D eigenvalue weighted by Gasteiger charge is 2.25. The first-order chi connectivity index (χ1) is 12.0. The fraction of sp³-hybridized carbons (Fsp3) is 0.389. The minimum Gasteiger partial charge on any atom is -0.396 e. The van der Waals surface area contributed by atoms with E-state index in [0.717, 1.165) is 33.9 Å². The summed E-state index contributed by atoms with van der Waals surface area (Å²) in [5, 5.41) is 7.09. The van der Waals surface area contributed by atoms with Crippen molar-refractivity contribution < 1.29 is 9.63 Å². The quantitative estimate of drug-likeness (QED) is 0.673. The second kappa shape index (κ2) is 6.92. The molecule has 25 heavy (non-hydrogen) atoms. The number of aromatic nitrogens is 2. The normalized spacial score (nSPS) is 15.3. The number of fused-ring (bicyclic) bond motifs is 1. The Morgan fingerprint density at radius 1 is 1.40 bits per heavy atom. The number of H-pyrrole nitrogens is 1. The maximum atomic E-state index is 13.0. The maximum absolute atomic E-state index is 13.0. The standard InChI is InChI=1S/C18H21N3O3S/c1-5-24-20-14-8-9-25-17-10(2)12(6-7-13(14)17)16(22)15-11(3)19-21(4)18(15)23/h6-7,19H,5,8-9H2,1-4H3. The number of nitrogens with zero attached hydrogens (tertiary/aromatic N) is 2. The molecular formula is C18H21N3O3S. The average Bonchev–Trinajstić information content (AvgIpc) is 2.85. The van der Waals surface area contributed by atoms with Gasteiger partial charge in [0.2, 0.25) is 5.78 Å². The molecule has 1 aliphatic rings. The molecule has 132 valence electrons. The van der Waals surface area contributed by atoms with Crippen LogP contribution >= 0.6 is 11.8 Å². The lowest BCUT2D eigenvalue weighted by atomic mass is 9.95. The Bertz CT molecular complexity index is 924. The molecule has 0 aliphatic carbocycles. The van der Waals surface area contributed by atoms with E-state index in [1.807, 2.05) is 19.9 Å². The summed E-state index contributed by atoms with van der Waals surface area (Å²) in [7, 11) is 1.61. The largest absolute Gasteiger partial charge is 0.396 e. The second-order valence-electron chi connectivity index (χ2n) is 5.97. The molecule has 7 heteroatoms. The zero-order valence-corrected chi connectivity index (χ0v) is 15.6. The zero-order valence-electron chi connectivity index (χ0n) is 14.8. The van der Waals surface area contributed by atoms with Crippen molar-refractivity contribution in [2.75, 3.05) is 12.4 Å². The monoisotopic (exact) mass is 359 g/mol. The van der Waals surface area contributed by atoms with E-state index in [2.05, 4.69) is 10.3 Å². The summed E-state index contributed by atoms with van der Waals surface area (Å²) >= 11 is 1.71. The second-order valence-corrected chi connectivity index (χ2v) is 7.08. The summed E-state index contributed by atoms with van der Waals surface area (Å²) in [4.78, 5) is 31.5. The van der Waals surface area contributed by atoms with E-state index in [1.54, 1.807) is 31.8 Å². The summed E-state index contributed by atoms with van der Waals surface area (Å²) in [6.07, 6.45) is 0.835. The van der Waals surface area contributed by atoms with Gasteiger partial charge in [-0.2, -0.15) is 0 Å². The number of carbonyl (C=O) groups excluding carboxylic acids is 1. The van der Waals surface area contributed by atoms with E-state index < -0.39 is 0 Å². The van der Waals surface area contributed by atoms with Crippen LogP contribution in [0.1, 0.15) is 46.1 Å². The first kappa shape index (κ1) is 17.5. The molecule has 0 saturated carbocycles. The van der Waals surface area contributed by atoms with Crippen LogP contribution in [0.2, 0.25) is 0 Å². The van der Waals surface area contributed by atoms with Crippen molar-refractivity contribution in [2.45, 2.75) is 32.1 Å². The third kappa shape index (κ3) is 3.04. The van der Waals surface area contributed by atoms with Crippen molar-refractivity contribution in [1.29, 1.82) is 0 Å². The molecule has 0 bridgehead atoms. The van der Waals surface area contributed by atoms with Crippen molar-refractivity contribution in [3.05, 3.63) is 50.4 Å². The molecule has 6 nitrogen and oxygen atoms in total. The summed E-state index contributed by atoms with van der Waals surface area (Å²) in [5.74, 6) is 0.650. The van der Waals surface area contributed by atoms with Gasteiger partial charge in [0.15, 0.2) is 0 Å². The molecule has 3 rings (SSSR count). The number of ketones is 1. The van der Waals surface area contributed by atoms with E-state index in [-0.39, 0.29) is 16.9 Å². The van der Waals surface area contributed by atoms with Gasteiger partial charge >= 0.3 is 0 Å². The van der Waals surface area contributed by atoms with Crippen molar-refractivity contribution in [3.8, 4) is 0 Å². The number of thioether (sulfide) groups is 1. The lowest BCUT2D eigenvalue weighted by Gasteiger charge is -2.20. The molecule has 0 amide bonds. The summed E-state index contributed by atoms with van der Waals surface area (Å²) in [6, 6.07) is 3.70. The van der Waals surface area contributed by atoms with Gasteiger partial charge in [-0.25, -0.2) is 0 Å². The highest BCUT2D eigenvalue weighted by atomic mass is 32.2. The van der Waals surface area contributed by atoms with Crippen molar-refractivity contribution in [2.24, 2.45) is 12.2 Å². The van der Waals surface area contributed by atoms with Gasteiger partial charge in [0.05, 0.1) is 5.71 Å². The number of rotatable bonds is 4. The molecule has 1 aromatic carbocycles. The Morgan fingerprint density at radius 3 is 2.80 bits per heavy atom. The van der Waals surface area contributed by atoms with Gasteiger partial charge in [0, 0.05) is 40.9 Å². The zero-order chi connectivity index (χ0) is 18.1. The van der Waals surface area contributed by atoms with Gasteiger partial charge in [-0.15, -0.1) is 11.8 Å². The fourth-order valence-electron chi connectivity index (χ4n) is 3.06. The third-order valence-corrected chi connectivity index (χ3v) is 5.53. The predicted octanol–water partition coefficient (Wildman–Crippen LogP) is 2.80. The maximum Gasteiger partial charge on any atom is 0.277 e. The van der Waals surface area contributed by atoms with Crippen LogP contribution in [-0.2, 0) is 11.9 Å². The van der Waals surface area contributed by atoms with Gasteiger partial charge in [-0.1, -0.05) is 17.3 Å². The van der Waals surface area contributed by atoms with Crippen molar-refractivity contribution in [1.82, 2.24) is 9.78 Å². The number of aromatic amines is 1. The van der Waals surface area contributed by atoms with Crippen molar-refractivity contribution in [3.63, 3.8) is 0 Å². The fourth-order valence-corrected chi connectivity index (χ4v) is 4.23.